The van der Waals surface area contributed by atoms with Gasteiger partial charge in [-0.1, -0.05) is 6.92 Å². The first-order chi connectivity index (χ1) is 8.69. The van der Waals surface area contributed by atoms with Crippen molar-refractivity contribution in [1.29, 1.82) is 0 Å². The number of hydrogen-bond donors (Lipinski definition) is 0. The molecule has 3 fully saturated rings. The standard InChI is InChI=1S/C15H24O3/c1-11-2-3-14(16)13(8-11)12-4-6-18-15(9-12)5-7-17-10-15/h11-13H,2-10H2,1H3. The van der Waals surface area contributed by atoms with Crippen molar-refractivity contribution in [3.8, 4) is 0 Å². The molecule has 3 nitrogen and oxygen atoms in total. The molecule has 102 valence electrons. The van der Waals surface area contributed by atoms with E-state index in [-0.39, 0.29) is 5.60 Å². The van der Waals surface area contributed by atoms with Gasteiger partial charge >= 0.3 is 0 Å². The van der Waals surface area contributed by atoms with Crippen LogP contribution in [-0.2, 0) is 14.3 Å². The fourth-order valence-corrected chi connectivity index (χ4v) is 3.98. The molecule has 0 aromatic rings. The fraction of sp³-hybridized carbons (Fsp3) is 0.933. The van der Waals surface area contributed by atoms with Crippen LogP contribution in [0.5, 0.6) is 0 Å². The molecular weight excluding hydrogens is 228 g/mol. The van der Waals surface area contributed by atoms with Crippen molar-refractivity contribution in [2.75, 3.05) is 19.8 Å². The van der Waals surface area contributed by atoms with Crippen molar-refractivity contribution >= 4 is 5.78 Å². The monoisotopic (exact) mass is 252 g/mol. The van der Waals surface area contributed by atoms with E-state index in [9.17, 15) is 4.79 Å². The lowest BCUT2D eigenvalue weighted by molar-refractivity contribution is -0.136. The van der Waals surface area contributed by atoms with Crippen LogP contribution < -0.4 is 0 Å². The topological polar surface area (TPSA) is 35.5 Å². The van der Waals surface area contributed by atoms with Crippen molar-refractivity contribution in [2.24, 2.45) is 17.8 Å². The quantitative estimate of drug-likeness (QED) is 0.719. The maximum Gasteiger partial charge on any atom is 0.136 e. The number of rotatable bonds is 1. The highest BCUT2D eigenvalue weighted by atomic mass is 16.6. The predicted molar refractivity (Wildman–Crippen MR) is 68.4 cm³/mol. The zero-order valence-corrected chi connectivity index (χ0v) is 11.3. The Morgan fingerprint density at radius 1 is 1.28 bits per heavy atom. The Morgan fingerprint density at radius 3 is 2.94 bits per heavy atom. The predicted octanol–water partition coefficient (Wildman–Crippen LogP) is 2.58. The SMILES string of the molecule is CC1CCC(=O)C(C2CCOC3(CCOC3)C2)C1. The number of ether oxygens (including phenoxy) is 2. The van der Waals surface area contributed by atoms with Crippen LogP contribution in [-0.4, -0.2) is 31.2 Å². The molecule has 2 saturated heterocycles. The average molecular weight is 252 g/mol. The van der Waals surface area contributed by atoms with E-state index in [0.717, 1.165) is 58.3 Å². The molecule has 0 amide bonds. The number of hydrogen-bond acceptors (Lipinski definition) is 3. The molecule has 3 aliphatic rings. The van der Waals surface area contributed by atoms with Gasteiger partial charge in [0.15, 0.2) is 0 Å². The van der Waals surface area contributed by atoms with Crippen LogP contribution in [0.15, 0.2) is 0 Å². The maximum atomic E-state index is 12.2. The number of carbonyl (C=O) groups is 1. The molecule has 0 aromatic carbocycles. The van der Waals surface area contributed by atoms with E-state index in [1.165, 1.54) is 0 Å². The van der Waals surface area contributed by atoms with E-state index in [1.807, 2.05) is 0 Å². The van der Waals surface area contributed by atoms with E-state index < -0.39 is 0 Å². The van der Waals surface area contributed by atoms with Crippen LogP contribution in [0.2, 0.25) is 0 Å². The summed E-state index contributed by atoms with van der Waals surface area (Å²) in [5, 5.41) is 0. The van der Waals surface area contributed by atoms with Crippen LogP contribution in [0.4, 0.5) is 0 Å². The first kappa shape index (κ1) is 12.6. The Morgan fingerprint density at radius 2 is 2.17 bits per heavy atom. The first-order valence-corrected chi connectivity index (χ1v) is 7.43. The number of ketones is 1. The molecule has 1 aliphatic carbocycles. The Hall–Kier alpha value is -0.410. The zero-order chi connectivity index (χ0) is 12.6. The average Bonchev–Trinajstić information content (AvgIpc) is 2.80. The molecule has 18 heavy (non-hydrogen) atoms. The van der Waals surface area contributed by atoms with Gasteiger partial charge in [0, 0.05) is 32.0 Å². The zero-order valence-electron chi connectivity index (χ0n) is 11.3. The van der Waals surface area contributed by atoms with Gasteiger partial charge in [0.2, 0.25) is 0 Å². The molecule has 2 aliphatic heterocycles. The van der Waals surface area contributed by atoms with E-state index >= 15 is 0 Å². The van der Waals surface area contributed by atoms with Crippen LogP contribution in [0.1, 0.15) is 45.4 Å². The van der Waals surface area contributed by atoms with Crippen LogP contribution in [0.25, 0.3) is 0 Å². The summed E-state index contributed by atoms with van der Waals surface area (Å²) < 4.78 is 11.5. The van der Waals surface area contributed by atoms with Crippen molar-refractivity contribution in [2.45, 2.75) is 51.0 Å². The lowest BCUT2D eigenvalue weighted by atomic mass is 9.69. The van der Waals surface area contributed by atoms with Gasteiger partial charge in [-0.3, -0.25) is 4.79 Å². The molecule has 0 radical (unpaired) electrons. The molecule has 0 aromatic heterocycles. The van der Waals surface area contributed by atoms with E-state index in [0.29, 0.717) is 23.5 Å². The van der Waals surface area contributed by atoms with Crippen molar-refractivity contribution in [1.82, 2.24) is 0 Å². The van der Waals surface area contributed by atoms with E-state index in [4.69, 9.17) is 9.47 Å². The van der Waals surface area contributed by atoms with Gasteiger partial charge < -0.3 is 9.47 Å². The van der Waals surface area contributed by atoms with Gasteiger partial charge in [-0.2, -0.15) is 0 Å². The highest BCUT2D eigenvalue weighted by Crippen LogP contribution is 2.42. The normalized spacial score (nSPS) is 45.6. The van der Waals surface area contributed by atoms with Crippen molar-refractivity contribution in [3.63, 3.8) is 0 Å². The maximum absolute atomic E-state index is 12.2. The minimum Gasteiger partial charge on any atom is -0.378 e. The fourth-order valence-electron chi connectivity index (χ4n) is 3.98. The summed E-state index contributed by atoms with van der Waals surface area (Å²) >= 11 is 0. The first-order valence-electron chi connectivity index (χ1n) is 7.43. The van der Waals surface area contributed by atoms with Crippen molar-refractivity contribution in [3.05, 3.63) is 0 Å². The second-order valence-corrected chi connectivity index (χ2v) is 6.54. The second kappa shape index (κ2) is 4.93. The lowest BCUT2D eigenvalue weighted by Gasteiger charge is -2.41. The molecule has 1 saturated carbocycles. The molecule has 1 spiro atoms. The minimum atomic E-state index is -0.0517. The summed E-state index contributed by atoms with van der Waals surface area (Å²) in [6.45, 7) is 4.65. The summed E-state index contributed by atoms with van der Waals surface area (Å²) in [4.78, 5) is 12.2. The largest absolute Gasteiger partial charge is 0.378 e. The number of Topliss-reactive ketones (excluding diaryl/α,β-unsaturated/α-hetero) is 1. The molecule has 4 atom stereocenters. The minimum absolute atomic E-state index is 0.0517. The van der Waals surface area contributed by atoms with Gasteiger partial charge in [0.05, 0.1) is 12.2 Å². The van der Waals surface area contributed by atoms with E-state index in [2.05, 4.69) is 6.92 Å². The Balaban J connectivity index is 1.69. The third kappa shape index (κ3) is 2.35. The van der Waals surface area contributed by atoms with Crippen LogP contribution in [0.3, 0.4) is 0 Å². The molecule has 4 unspecified atom stereocenters. The molecule has 3 rings (SSSR count). The van der Waals surface area contributed by atoms with Crippen molar-refractivity contribution < 1.29 is 14.3 Å². The Bertz CT molecular complexity index is 320. The molecule has 2 heterocycles. The summed E-state index contributed by atoms with van der Waals surface area (Å²) in [5.74, 6) is 2.06. The van der Waals surface area contributed by atoms with Gasteiger partial charge in [-0.05, 0) is 37.5 Å². The molecule has 0 N–H and O–H groups in total. The molecular formula is C15H24O3. The smallest absolute Gasteiger partial charge is 0.136 e. The summed E-state index contributed by atoms with van der Waals surface area (Å²) in [6.07, 6.45) is 6.10. The van der Waals surface area contributed by atoms with Gasteiger partial charge in [-0.15, -0.1) is 0 Å². The Labute approximate surface area is 109 Å². The summed E-state index contributed by atoms with van der Waals surface area (Å²) in [6, 6.07) is 0. The third-order valence-corrected chi connectivity index (χ3v) is 5.12. The Kier molecular flexibility index (Phi) is 3.46. The van der Waals surface area contributed by atoms with Crippen LogP contribution in [0, 0.1) is 17.8 Å². The molecule has 0 bridgehead atoms. The number of carbonyl (C=O) groups excluding carboxylic acids is 1. The van der Waals surface area contributed by atoms with E-state index in [1.54, 1.807) is 0 Å². The van der Waals surface area contributed by atoms with Gasteiger partial charge in [0.1, 0.15) is 5.78 Å². The second-order valence-electron chi connectivity index (χ2n) is 6.54. The van der Waals surface area contributed by atoms with Crippen LogP contribution >= 0.6 is 0 Å². The summed E-state index contributed by atoms with van der Waals surface area (Å²) in [7, 11) is 0. The van der Waals surface area contributed by atoms with Gasteiger partial charge in [-0.25, -0.2) is 0 Å². The summed E-state index contributed by atoms with van der Waals surface area (Å²) in [5.41, 5.74) is -0.0517. The highest BCUT2D eigenvalue weighted by molar-refractivity contribution is 5.82. The third-order valence-electron chi connectivity index (χ3n) is 5.12. The molecule has 3 heteroatoms. The van der Waals surface area contributed by atoms with Gasteiger partial charge in [0.25, 0.3) is 0 Å². The highest BCUT2D eigenvalue weighted by Gasteiger charge is 2.45. The lowest BCUT2D eigenvalue weighted by Crippen LogP contribution is -2.44.